The third kappa shape index (κ3) is 4.62. The van der Waals surface area contributed by atoms with Crippen molar-refractivity contribution in [3.63, 3.8) is 0 Å². The second kappa shape index (κ2) is 9.55. The number of carbonyl (C=O) groups is 1. The van der Waals surface area contributed by atoms with Gasteiger partial charge in [0.25, 0.3) is 5.92 Å². The first kappa shape index (κ1) is 25.7. The van der Waals surface area contributed by atoms with Gasteiger partial charge in [0.05, 0.1) is 36.8 Å². The molecule has 1 saturated carbocycles. The molecule has 2 N–H and O–H groups in total. The number of hydrogen-bond donors (Lipinski definition) is 2. The Morgan fingerprint density at radius 2 is 2.08 bits per heavy atom. The fraction of sp³-hybridized carbons (Fsp3) is 0.464. The molecule has 1 saturated heterocycles. The van der Waals surface area contributed by atoms with Crippen LogP contribution in [0.2, 0.25) is 0 Å². The number of aliphatic hydroxyl groups excluding tert-OH is 1. The van der Waals surface area contributed by atoms with Gasteiger partial charge >= 0.3 is 0 Å². The molecule has 1 atom stereocenters. The average molecular weight is 543 g/mol. The third-order valence-corrected chi connectivity index (χ3v) is 7.54. The van der Waals surface area contributed by atoms with Crippen molar-refractivity contribution in [3.8, 4) is 11.5 Å². The number of benzene rings is 2. The highest BCUT2D eigenvalue weighted by Crippen LogP contribution is 2.44. The second-order valence-corrected chi connectivity index (χ2v) is 10.5. The van der Waals surface area contributed by atoms with Crippen LogP contribution in [0, 0.1) is 18.7 Å². The lowest BCUT2D eigenvalue weighted by molar-refractivity contribution is -0.141. The predicted molar refractivity (Wildman–Crippen MR) is 137 cm³/mol. The topological polar surface area (TPSA) is 96.8 Å². The zero-order chi connectivity index (χ0) is 27.5. The van der Waals surface area contributed by atoms with Crippen LogP contribution in [0.5, 0.6) is 11.5 Å². The summed E-state index contributed by atoms with van der Waals surface area (Å²) in [6.07, 6.45) is 2.38. The Balaban J connectivity index is 1.31. The van der Waals surface area contributed by atoms with E-state index in [1.807, 2.05) is 4.90 Å². The number of ether oxygens (including phenoxy) is 2. The number of hydrogen-bond acceptors (Lipinski definition) is 7. The zero-order valence-electron chi connectivity index (χ0n) is 21.6. The van der Waals surface area contributed by atoms with E-state index in [-0.39, 0.29) is 23.5 Å². The van der Waals surface area contributed by atoms with Gasteiger partial charge in [0, 0.05) is 28.9 Å². The van der Waals surface area contributed by atoms with Crippen LogP contribution in [-0.4, -0.2) is 58.3 Å². The molecule has 0 unspecified atom stereocenters. The van der Waals surface area contributed by atoms with E-state index in [1.54, 1.807) is 19.9 Å². The summed E-state index contributed by atoms with van der Waals surface area (Å²) >= 11 is 0. The first-order chi connectivity index (χ1) is 18.7. The Kier molecular flexibility index (Phi) is 6.28. The SMILES string of the molecule is Cc1nc(N[C@H](C)c2cccc(C(F)(F)CO)c2F)c2cc(OC3CN(C(=O)C4CC4)C3)c3c(c2n1)CCO3. The maximum absolute atomic E-state index is 15.1. The van der Waals surface area contributed by atoms with Gasteiger partial charge in [0.1, 0.15) is 30.2 Å². The van der Waals surface area contributed by atoms with Gasteiger partial charge in [-0.25, -0.2) is 14.4 Å². The normalized spacial score (nSPS) is 17.9. The summed E-state index contributed by atoms with van der Waals surface area (Å²) in [5.41, 5.74) is 0.711. The molecule has 2 aromatic carbocycles. The van der Waals surface area contributed by atoms with Gasteiger partial charge in [-0.1, -0.05) is 12.1 Å². The smallest absolute Gasteiger partial charge is 0.298 e. The van der Waals surface area contributed by atoms with Gasteiger partial charge in [-0.05, 0) is 38.8 Å². The molecule has 3 aromatic rings. The Labute approximate surface area is 223 Å². The van der Waals surface area contributed by atoms with E-state index in [2.05, 4.69) is 15.3 Å². The zero-order valence-corrected chi connectivity index (χ0v) is 21.6. The minimum absolute atomic E-state index is 0.0147. The first-order valence-corrected chi connectivity index (χ1v) is 13.1. The Morgan fingerprint density at radius 3 is 2.79 bits per heavy atom. The highest BCUT2D eigenvalue weighted by molar-refractivity contribution is 5.95. The summed E-state index contributed by atoms with van der Waals surface area (Å²) in [4.78, 5) is 23.3. The summed E-state index contributed by atoms with van der Waals surface area (Å²) in [5, 5.41) is 12.9. The molecule has 1 aromatic heterocycles. The molecule has 3 aliphatic rings. The molecular formula is C28H29F3N4O4. The molecular weight excluding hydrogens is 513 g/mol. The van der Waals surface area contributed by atoms with Crippen molar-refractivity contribution in [2.75, 3.05) is 31.6 Å². The van der Waals surface area contributed by atoms with Gasteiger partial charge in [0.2, 0.25) is 5.91 Å². The number of nitrogens with one attached hydrogen (secondary N) is 1. The number of aryl methyl sites for hydroxylation is 1. The number of halogens is 3. The number of carbonyl (C=O) groups excluding carboxylic acids is 1. The standard InChI is InChI=1S/C28H29F3N4O4/c1-14(18-4-3-5-21(23(18)29)28(30,31)13-36)32-26-20-10-22(39-17-11-35(12-17)27(37)16-6-7-16)25-19(8-9-38-25)24(20)33-15(2)34-26/h3-5,10,14,16-17,36H,6-9,11-13H2,1-2H3,(H,32,33,34)/t14-/m1/s1. The van der Waals surface area contributed by atoms with E-state index < -0.39 is 30.0 Å². The van der Waals surface area contributed by atoms with E-state index in [1.165, 1.54) is 12.1 Å². The van der Waals surface area contributed by atoms with Crippen LogP contribution in [0.1, 0.15) is 48.3 Å². The number of nitrogens with zero attached hydrogens (tertiary/aromatic N) is 3. The van der Waals surface area contributed by atoms with Crippen LogP contribution in [0.3, 0.4) is 0 Å². The second-order valence-electron chi connectivity index (χ2n) is 10.5. The maximum atomic E-state index is 15.1. The lowest BCUT2D eigenvalue weighted by Gasteiger charge is -2.39. The lowest BCUT2D eigenvalue weighted by atomic mass is 10.00. The number of anilines is 1. The molecule has 11 heteroatoms. The molecule has 6 rings (SSSR count). The third-order valence-electron chi connectivity index (χ3n) is 7.54. The number of aromatic nitrogens is 2. The highest BCUT2D eigenvalue weighted by Gasteiger charge is 2.41. The van der Waals surface area contributed by atoms with Crippen molar-refractivity contribution in [1.29, 1.82) is 0 Å². The number of alkyl halides is 2. The molecule has 206 valence electrons. The van der Waals surface area contributed by atoms with Crippen molar-refractivity contribution < 1.29 is 32.5 Å². The maximum Gasteiger partial charge on any atom is 0.298 e. The van der Waals surface area contributed by atoms with E-state index >= 15 is 4.39 Å². The van der Waals surface area contributed by atoms with Crippen molar-refractivity contribution in [2.45, 2.75) is 51.2 Å². The Morgan fingerprint density at radius 1 is 1.31 bits per heavy atom. The van der Waals surface area contributed by atoms with Gasteiger partial charge in [-0.2, -0.15) is 8.78 Å². The predicted octanol–water partition coefficient (Wildman–Crippen LogP) is 4.27. The average Bonchev–Trinajstić information content (AvgIpc) is 3.61. The molecule has 39 heavy (non-hydrogen) atoms. The minimum Gasteiger partial charge on any atom is -0.489 e. The van der Waals surface area contributed by atoms with E-state index in [0.717, 1.165) is 24.5 Å². The molecule has 0 radical (unpaired) electrons. The van der Waals surface area contributed by atoms with Gasteiger partial charge < -0.3 is 24.8 Å². The number of aliphatic hydroxyl groups is 1. The highest BCUT2D eigenvalue weighted by atomic mass is 19.3. The van der Waals surface area contributed by atoms with E-state index in [0.29, 0.717) is 60.2 Å². The molecule has 3 heterocycles. The van der Waals surface area contributed by atoms with Crippen LogP contribution >= 0.6 is 0 Å². The fourth-order valence-corrected chi connectivity index (χ4v) is 5.24. The molecule has 2 fully saturated rings. The molecule has 0 bridgehead atoms. The van der Waals surface area contributed by atoms with Crippen LogP contribution in [0.15, 0.2) is 24.3 Å². The largest absolute Gasteiger partial charge is 0.489 e. The Bertz CT molecular complexity index is 1460. The van der Waals surface area contributed by atoms with Gasteiger partial charge in [-0.3, -0.25) is 4.79 Å². The molecule has 2 aliphatic heterocycles. The fourth-order valence-electron chi connectivity index (χ4n) is 5.24. The number of amides is 1. The van der Waals surface area contributed by atoms with E-state index in [9.17, 15) is 13.6 Å². The van der Waals surface area contributed by atoms with Crippen molar-refractivity contribution in [3.05, 3.63) is 52.6 Å². The quantitative estimate of drug-likeness (QED) is 0.439. The summed E-state index contributed by atoms with van der Waals surface area (Å²) in [6, 6.07) is 4.78. The van der Waals surface area contributed by atoms with Crippen LogP contribution in [0.4, 0.5) is 19.0 Å². The molecule has 1 aliphatic carbocycles. The number of likely N-dealkylation sites (tertiary alicyclic amines) is 1. The monoisotopic (exact) mass is 542 g/mol. The Hall–Kier alpha value is -3.60. The van der Waals surface area contributed by atoms with Crippen LogP contribution in [0.25, 0.3) is 10.9 Å². The van der Waals surface area contributed by atoms with E-state index in [4.69, 9.17) is 14.6 Å². The van der Waals surface area contributed by atoms with Gasteiger partial charge in [0.15, 0.2) is 11.5 Å². The van der Waals surface area contributed by atoms with Crippen molar-refractivity contribution >= 4 is 22.6 Å². The summed E-state index contributed by atoms with van der Waals surface area (Å²) in [7, 11) is 0. The lowest BCUT2D eigenvalue weighted by Crippen LogP contribution is -2.56. The summed E-state index contributed by atoms with van der Waals surface area (Å²) in [5.74, 6) is -2.40. The van der Waals surface area contributed by atoms with Crippen molar-refractivity contribution in [2.24, 2.45) is 5.92 Å². The number of fused-ring (bicyclic) bond motifs is 3. The molecule has 0 spiro atoms. The van der Waals surface area contributed by atoms with Gasteiger partial charge in [-0.15, -0.1) is 0 Å². The minimum atomic E-state index is -3.70. The summed E-state index contributed by atoms with van der Waals surface area (Å²) < 4.78 is 55.6. The number of rotatable bonds is 8. The molecule has 1 amide bonds. The van der Waals surface area contributed by atoms with Crippen LogP contribution < -0.4 is 14.8 Å². The first-order valence-electron chi connectivity index (χ1n) is 13.1. The molecule has 8 nitrogen and oxygen atoms in total. The van der Waals surface area contributed by atoms with Crippen molar-refractivity contribution in [1.82, 2.24) is 14.9 Å². The summed E-state index contributed by atoms with van der Waals surface area (Å²) in [6.45, 7) is 3.40. The van der Waals surface area contributed by atoms with Crippen LogP contribution in [-0.2, 0) is 17.1 Å².